The van der Waals surface area contributed by atoms with Crippen molar-refractivity contribution >= 4 is 0 Å². The Bertz CT molecular complexity index is 352. The van der Waals surface area contributed by atoms with E-state index in [0.29, 0.717) is 0 Å². The van der Waals surface area contributed by atoms with Crippen molar-refractivity contribution in [2.45, 2.75) is 44.3 Å². The number of allylic oxidation sites excluding steroid dienone is 2. The third kappa shape index (κ3) is 2.05. The summed E-state index contributed by atoms with van der Waals surface area (Å²) in [6, 6.07) is 12.6. The van der Waals surface area contributed by atoms with E-state index in [1.807, 2.05) is 0 Å². The third-order valence-corrected chi connectivity index (χ3v) is 3.84. The Morgan fingerprint density at radius 2 is 1.56 bits per heavy atom. The minimum Gasteiger partial charge on any atom is -0.290 e. The number of fused-ring (bicyclic) bond motifs is 1. The molecule has 2 aliphatic rings. The molecule has 1 aromatic rings. The van der Waals surface area contributed by atoms with Crippen LogP contribution in [0.5, 0.6) is 0 Å². The second kappa shape index (κ2) is 4.42. The van der Waals surface area contributed by atoms with E-state index in [-0.39, 0.29) is 0 Å². The zero-order valence-electron chi connectivity index (χ0n) is 9.68. The van der Waals surface area contributed by atoms with Gasteiger partial charge in [0.05, 0.1) is 0 Å². The lowest BCUT2D eigenvalue weighted by atomic mass is 10.1. The molecule has 2 atom stereocenters. The molecule has 16 heavy (non-hydrogen) atoms. The number of hydrogen-bond donors (Lipinski definition) is 0. The van der Waals surface area contributed by atoms with E-state index in [0.717, 1.165) is 18.6 Å². The summed E-state index contributed by atoms with van der Waals surface area (Å²) in [5.74, 6) is 0. The predicted molar refractivity (Wildman–Crippen MR) is 67.2 cm³/mol. The van der Waals surface area contributed by atoms with Crippen molar-refractivity contribution in [1.82, 2.24) is 4.90 Å². The van der Waals surface area contributed by atoms with E-state index < -0.39 is 0 Å². The van der Waals surface area contributed by atoms with Crippen LogP contribution in [0, 0.1) is 0 Å². The Kier molecular flexibility index (Phi) is 2.79. The average Bonchev–Trinajstić information content (AvgIpc) is 2.89. The standard InChI is InChI=1S/C15H19N/c1-2-7-11-15-14(10-6-1)16(15)12-13-8-4-3-5-9-13/h1-5,8-9,14-15H,6-7,10-12H2. The molecule has 1 nitrogen and oxygen atoms in total. The third-order valence-electron chi connectivity index (χ3n) is 3.84. The number of rotatable bonds is 2. The molecule has 0 spiro atoms. The Hall–Kier alpha value is -1.08. The van der Waals surface area contributed by atoms with Gasteiger partial charge >= 0.3 is 0 Å². The second-order valence-electron chi connectivity index (χ2n) is 4.92. The molecular weight excluding hydrogens is 194 g/mol. The van der Waals surface area contributed by atoms with E-state index in [1.54, 1.807) is 0 Å². The molecule has 0 N–H and O–H groups in total. The summed E-state index contributed by atoms with van der Waals surface area (Å²) in [7, 11) is 0. The average molecular weight is 213 g/mol. The molecule has 0 aromatic heterocycles. The topological polar surface area (TPSA) is 3.01 Å². The summed E-state index contributed by atoms with van der Waals surface area (Å²) < 4.78 is 0. The van der Waals surface area contributed by atoms with Crippen molar-refractivity contribution in [3.63, 3.8) is 0 Å². The minimum absolute atomic E-state index is 0.866. The van der Waals surface area contributed by atoms with Gasteiger partial charge in [-0.3, -0.25) is 4.90 Å². The van der Waals surface area contributed by atoms with Crippen LogP contribution in [0.3, 0.4) is 0 Å². The number of nitrogens with zero attached hydrogens (tertiary/aromatic N) is 1. The van der Waals surface area contributed by atoms with Gasteiger partial charge in [0.1, 0.15) is 0 Å². The first-order chi connectivity index (χ1) is 7.95. The first-order valence-electron chi connectivity index (χ1n) is 6.40. The van der Waals surface area contributed by atoms with Crippen LogP contribution in [0.25, 0.3) is 0 Å². The Morgan fingerprint density at radius 3 is 2.19 bits per heavy atom. The molecule has 1 aromatic carbocycles. The lowest BCUT2D eigenvalue weighted by molar-refractivity contribution is 0.459. The van der Waals surface area contributed by atoms with Gasteiger partial charge in [-0.25, -0.2) is 0 Å². The van der Waals surface area contributed by atoms with Gasteiger partial charge in [0.2, 0.25) is 0 Å². The summed E-state index contributed by atoms with van der Waals surface area (Å²) in [5.41, 5.74) is 1.46. The van der Waals surface area contributed by atoms with Crippen LogP contribution in [-0.4, -0.2) is 17.0 Å². The summed E-state index contributed by atoms with van der Waals surface area (Å²) in [6.07, 6.45) is 9.96. The Labute approximate surface area is 97.8 Å². The normalized spacial score (nSPS) is 32.6. The molecule has 3 rings (SSSR count). The zero-order chi connectivity index (χ0) is 10.8. The van der Waals surface area contributed by atoms with Gasteiger partial charge in [0, 0.05) is 18.6 Å². The molecule has 84 valence electrons. The van der Waals surface area contributed by atoms with Crippen molar-refractivity contribution in [1.29, 1.82) is 0 Å². The molecular formula is C15H19N. The highest BCUT2D eigenvalue weighted by atomic mass is 15.3. The molecule has 1 heterocycles. The van der Waals surface area contributed by atoms with E-state index in [9.17, 15) is 0 Å². The van der Waals surface area contributed by atoms with Crippen LogP contribution in [0.15, 0.2) is 42.5 Å². The molecule has 1 saturated heterocycles. The van der Waals surface area contributed by atoms with Crippen molar-refractivity contribution in [2.24, 2.45) is 0 Å². The van der Waals surface area contributed by atoms with E-state index in [4.69, 9.17) is 0 Å². The largest absolute Gasteiger partial charge is 0.290 e. The molecule has 0 amide bonds. The van der Waals surface area contributed by atoms with Gasteiger partial charge in [-0.15, -0.1) is 0 Å². The van der Waals surface area contributed by atoms with Crippen LogP contribution in [0.2, 0.25) is 0 Å². The van der Waals surface area contributed by atoms with E-state index in [1.165, 1.54) is 31.2 Å². The molecule has 0 radical (unpaired) electrons. The van der Waals surface area contributed by atoms with Gasteiger partial charge < -0.3 is 0 Å². The molecule has 1 aliphatic carbocycles. The Morgan fingerprint density at radius 1 is 0.938 bits per heavy atom. The monoisotopic (exact) mass is 213 g/mol. The van der Waals surface area contributed by atoms with E-state index >= 15 is 0 Å². The van der Waals surface area contributed by atoms with Gasteiger partial charge in [-0.1, -0.05) is 42.5 Å². The van der Waals surface area contributed by atoms with Crippen molar-refractivity contribution in [3.8, 4) is 0 Å². The maximum absolute atomic E-state index is 2.67. The van der Waals surface area contributed by atoms with Crippen molar-refractivity contribution < 1.29 is 0 Å². The maximum atomic E-state index is 2.67. The van der Waals surface area contributed by atoms with Gasteiger partial charge in [0.25, 0.3) is 0 Å². The summed E-state index contributed by atoms with van der Waals surface area (Å²) in [4.78, 5) is 2.67. The van der Waals surface area contributed by atoms with Crippen LogP contribution in [-0.2, 0) is 6.54 Å². The zero-order valence-corrected chi connectivity index (χ0v) is 9.68. The molecule has 2 unspecified atom stereocenters. The van der Waals surface area contributed by atoms with Gasteiger partial charge in [0.15, 0.2) is 0 Å². The quantitative estimate of drug-likeness (QED) is 0.537. The van der Waals surface area contributed by atoms with E-state index in [2.05, 4.69) is 47.4 Å². The number of hydrogen-bond acceptors (Lipinski definition) is 1. The van der Waals surface area contributed by atoms with Crippen LogP contribution >= 0.6 is 0 Å². The second-order valence-corrected chi connectivity index (χ2v) is 4.92. The van der Waals surface area contributed by atoms with Gasteiger partial charge in [-0.05, 0) is 31.2 Å². The smallest absolute Gasteiger partial charge is 0.0262 e. The van der Waals surface area contributed by atoms with Crippen LogP contribution < -0.4 is 0 Å². The van der Waals surface area contributed by atoms with Crippen LogP contribution in [0.4, 0.5) is 0 Å². The highest BCUT2D eigenvalue weighted by Gasteiger charge is 2.45. The molecule has 0 saturated carbocycles. The lowest BCUT2D eigenvalue weighted by Crippen LogP contribution is -2.02. The highest BCUT2D eigenvalue weighted by Crippen LogP contribution is 2.38. The predicted octanol–water partition coefficient (Wildman–Crippen LogP) is 3.37. The SMILES string of the molecule is C1=CCCC2C(CC1)N2Cc1ccccc1. The van der Waals surface area contributed by atoms with Gasteiger partial charge in [-0.2, -0.15) is 0 Å². The van der Waals surface area contributed by atoms with Crippen LogP contribution in [0.1, 0.15) is 31.2 Å². The van der Waals surface area contributed by atoms with Crippen molar-refractivity contribution in [2.75, 3.05) is 0 Å². The summed E-state index contributed by atoms with van der Waals surface area (Å²) in [5, 5.41) is 0. The maximum Gasteiger partial charge on any atom is 0.0262 e. The first-order valence-corrected chi connectivity index (χ1v) is 6.40. The molecule has 0 bridgehead atoms. The fourth-order valence-corrected chi connectivity index (χ4v) is 2.91. The summed E-state index contributed by atoms with van der Waals surface area (Å²) >= 11 is 0. The summed E-state index contributed by atoms with van der Waals surface area (Å²) in [6.45, 7) is 1.15. The molecule has 1 heteroatoms. The fourth-order valence-electron chi connectivity index (χ4n) is 2.91. The fraction of sp³-hybridized carbons (Fsp3) is 0.467. The minimum atomic E-state index is 0.866. The number of benzene rings is 1. The Balaban J connectivity index is 1.62. The molecule has 1 fully saturated rings. The highest BCUT2D eigenvalue weighted by molar-refractivity contribution is 5.17. The first kappa shape index (κ1) is 10.1. The molecule has 1 aliphatic heterocycles. The van der Waals surface area contributed by atoms with Crippen molar-refractivity contribution in [3.05, 3.63) is 48.0 Å². The lowest BCUT2D eigenvalue weighted by Gasteiger charge is -2.03.